The number of aliphatic hydroxyl groups is 1. The average Bonchev–Trinajstić information content (AvgIpc) is 3.02. The molecule has 0 bridgehead atoms. The minimum absolute atomic E-state index is 0.253. The van der Waals surface area contributed by atoms with Crippen LogP contribution in [0.2, 0.25) is 0 Å². The lowest BCUT2D eigenvalue weighted by Crippen LogP contribution is -2.64. The molecule has 2 heterocycles. The van der Waals surface area contributed by atoms with E-state index in [1.54, 1.807) is 6.07 Å². The van der Waals surface area contributed by atoms with Gasteiger partial charge in [-0.3, -0.25) is 9.59 Å². The molecular formula is C18H24N4O4. The van der Waals surface area contributed by atoms with Gasteiger partial charge in [0.25, 0.3) is 0 Å². The molecule has 0 radical (unpaired) electrons. The lowest BCUT2D eigenvalue weighted by atomic mass is 10.0. The van der Waals surface area contributed by atoms with Gasteiger partial charge in [-0.15, -0.1) is 0 Å². The number of nitrogens with zero attached hydrogens (tertiary/aromatic N) is 1. The molecule has 0 aliphatic carbocycles. The van der Waals surface area contributed by atoms with Gasteiger partial charge in [0, 0.05) is 12.2 Å². The van der Waals surface area contributed by atoms with Gasteiger partial charge in [-0.2, -0.15) is 0 Å². The number of rotatable bonds is 4. The van der Waals surface area contributed by atoms with E-state index in [1.165, 1.54) is 11.8 Å². The molecule has 2 fully saturated rings. The van der Waals surface area contributed by atoms with Crippen LogP contribution >= 0.6 is 0 Å². The Morgan fingerprint density at radius 2 is 2.19 bits per heavy atom. The predicted octanol–water partition coefficient (Wildman–Crippen LogP) is 0.219. The van der Waals surface area contributed by atoms with E-state index >= 15 is 0 Å². The molecule has 1 aromatic rings. The highest BCUT2D eigenvalue weighted by atomic mass is 16.3. The molecule has 2 aliphatic heterocycles. The summed E-state index contributed by atoms with van der Waals surface area (Å²) in [5.74, 6) is -0.610. The lowest BCUT2D eigenvalue weighted by molar-refractivity contribution is -0.149. The van der Waals surface area contributed by atoms with Crippen LogP contribution in [-0.4, -0.2) is 58.6 Å². The summed E-state index contributed by atoms with van der Waals surface area (Å²) in [6, 6.07) is 5.35. The first-order chi connectivity index (χ1) is 12.4. The van der Waals surface area contributed by atoms with Gasteiger partial charge in [0.1, 0.15) is 12.1 Å². The molecule has 0 aromatic heterocycles. The number of carbonyl (C=O) groups is 3. The van der Waals surface area contributed by atoms with Crippen molar-refractivity contribution in [1.82, 2.24) is 15.5 Å². The Kier molecular flexibility index (Phi) is 5.13. The fourth-order valence-corrected chi connectivity index (χ4v) is 3.47. The molecule has 8 heteroatoms. The molecule has 3 rings (SSSR count). The summed E-state index contributed by atoms with van der Waals surface area (Å²) in [7, 11) is 0. The molecule has 4 atom stereocenters. The van der Waals surface area contributed by atoms with Crippen molar-refractivity contribution in [2.24, 2.45) is 0 Å². The van der Waals surface area contributed by atoms with Gasteiger partial charge in [0.15, 0.2) is 0 Å². The minimum atomic E-state index is -0.964. The van der Waals surface area contributed by atoms with E-state index in [-0.39, 0.29) is 30.4 Å². The van der Waals surface area contributed by atoms with Crippen LogP contribution in [0.5, 0.6) is 0 Å². The molecule has 1 aromatic carbocycles. The van der Waals surface area contributed by atoms with E-state index in [4.69, 9.17) is 0 Å². The Labute approximate surface area is 151 Å². The van der Waals surface area contributed by atoms with Crippen molar-refractivity contribution in [3.8, 4) is 0 Å². The second-order valence-electron chi connectivity index (χ2n) is 6.82. The van der Waals surface area contributed by atoms with Gasteiger partial charge in [-0.25, -0.2) is 4.79 Å². The largest absolute Gasteiger partial charge is 0.391 e. The highest BCUT2D eigenvalue weighted by Gasteiger charge is 2.47. The first-order valence-corrected chi connectivity index (χ1v) is 8.84. The monoisotopic (exact) mass is 360 g/mol. The minimum Gasteiger partial charge on any atom is -0.391 e. The van der Waals surface area contributed by atoms with Crippen molar-refractivity contribution in [2.75, 3.05) is 11.9 Å². The fraction of sp³-hybridized carbons (Fsp3) is 0.500. The molecule has 2 aliphatic rings. The zero-order valence-corrected chi connectivity index (χ0v) is 14.9. The van der Waals surface area contributed by atoms with Crippen LogP contribution < -0.4 is 16.0 Å². The molecule has 140 valence electrons. The Morgan fingerprint density at radius 1 is 1.42 bits per heavy atom. The van der Waals surface area contributed by atoms with Gasteiger partial charge < -0.3 is 26.0 Å². The molecule has 0 saturated carbocycles. The summed E-state index contributed by atoms with van der Waals surface area (Å²) < 4.78 is 0. The number of aryl methyl sites for hydroxylation is 1. The Bertz CT molecular complexity index is 721. The number of piperazine rings is 1. The number of amides is 4. The summed E-state index contributed by atoms with van der Waals surface area (Å²) >= 11 is 0. The number of hydrogen-bond acceptors (Lipinski definition) is 4. The third kappa shape index (κ3) is 3.65. The zero-order chi connectivity index (χ0) is 18.8. The quantitative estimate of drug-likeness (QED) is 0.615. The Balaban J connectivity index is 1.61. The van der Waals surface area contributed by atoms with E-state index in [0.717, 1.165) is 12.0 Å². The number of aliphatic hydroxyl groups excluding tert-OH is 1. The van der Waals surface area contributed by atoms with E-state index in [2.05, 4.69) is 16.0 Å². The SMILES string of the molecule is CCc1cccc(NC(=O)N[C@H]2C[C@H]3C(=O)N[C@@H]([C@@H](C)O)C(=O)N3C2)c1. The lowest BCUT2D eigenvalue weighted by Gasteiger charge is -2.35. The molecule has 2 saturated heterocycles. The van der Waals surface area contributed by atoms with Crippen LogP contribution in [-0.2, 0) is 16.0 Å². The highest BCUT2D eigenvalue weighted by molar-refractivity contribution is 5.98. The highest BCUT2D eigenvalue weighted by Crippen LogP contribution is 2.23. The summed E-state index contributed by atoms with van der Waals surface area (Å²) in [6.45, 7) is 3.76. The number of anilines is 1. The first-order valence-electron chi connectivity index (χ1n) is 8.84. The Hall–Kier alpha value is -2.61. The maximum Gasteiger partial charge on any atom is 0.319 e. The van der Waals surface area contributed by atoms with Crippen LogP contribution in [0.1, 0.15) is 25.8 Å². The molecule has 4 N–H and O–H groups in total. The summed E-state index contributed by atoms with van der Waals surface area (Å²) in [5, 5.41) is 17.8. The van der Waals surface area contributed by atoms with Gasteiger partial charge in [0.2, 0.25) is 11.8 Å². The van der Waals surface area contributed by atoms with Crippen molar-refractivity contribution in [3.63, 3.8) is 0 Å². The molecule has 8 nitrogen and oxygen atoms in total. The van der Waals surface area contributed by atoms with E-state index in [0.29, 0.717) is 12.1 Å². The van der Waals surface area contributed by atoms with Crippen molar-refractivity contribution >= 4 is 23.5 Å². The third-order valence-corrected chi connectivity index (χ3v) is 4.86. The number of nitrogens with one attached hydrogen (secondary N) is 3. The second kappa shape index (κ2) is 7.33. The molecular weight excluding hydrogens is 336 g/mol. The van der Waals surface area contributed by atoms with E-state index in [1.807, 2.05) is 25.1 Å². The molecule has 26 heavy (non-hydrogen) atoms. The van der Waals surface area contributed by atoms with Crippen molar-refractivity contribution < 1.29 is 19.5 Å². The standard InChI is InChI=1S/C18H24N4O4/c1-3-11-5-4-6-12(7-11)19-18(26)20-13-8-14-16(24)21-15(10(2)23)17(25)22(14)9-13/h4-7,10,13-15,23H,3,8-9H2,1-2H3,(H,21,24)(H2,19,20,26)/t10-,13+,14+,15+/m1/s1. The smallest absolute Gasteiger partial charge is 0.319 e. The molecule has 0 unspecified atom stereocenters. The molecule has 0 spiro atoms. The van der Waals surface area contributed by atoms with Gasteiger partial charge in [0.05, 0.1) is 12.1 Å². The number of hydrogen-bond donors (Lipinski definition) is 4. The van der Waals surface area contributed by atoms with Crippen LogP contribution in [0.25, 0.3) is 0 Å². The van der Waals surface area contributed by atoms with Crippen LogP contribution in [0.15, 0.2) is 24.3 Å². The first kappa shape index (κ1) is 18.2. The maximum absolute atomic E-state index is 12.4. The second-order valence-corrected chi connectivity index (χ2v) is 6.82. The van der Waals surface area contributed by atoms with E-state index in [9.17, 15) is 19.5 Å². The summed E-state index contributed by atoms with van der Waals surface area (Å²) in [6.07, 6.45) is 0.262. The van der Waals surface area contributed by atoms with E-state index < -0.39 is 18.2 Å². The van der Waals surface area contributed by atoms with Crippen LogP contribution in [0.3, 0.4) is 0 Å². The summed E-state index contributed by atoms with van der Waals surface area (Å²) in [4.78, 5) is 38.3. The normalized spacial score (nSPS) is 26.1. The maximum atomic E-state index is 12.4. The van der Waals surface area contributed by atoms with Gasteiger partial charge in [-0.05, 0) is 37.5 Å². The number of carbonyl (C=O) groups excluding carboxylic acids is 3. The number of urea groups is 1. The number of benzene rings is 1. The van der Waals surface area contributed by atoms with Gasteiger partial charge in [-0.1, -0.05) is 19.1 Å². The van der Waals surface area contributed by atoms with Crippen LogP contribution in [0.4, 0.5) is 10.5 Å². The number of fused-ring (bicyclic) bond motifs is 1. The van der Waals surface area contributed by atoms with Crippen molar-refractivity contribution in [1.29, 1.82) is 0 Å². The predicted molar refractivity (Wildman–Crippen MR) is 95.5 cm³/mol. The van der Waals surface area contributed by atoms with Crippen LogP contribution in [0, 0.1) is 0 Å². The van der Waals surface area contributed by atoms with Crippen molar-refractivity contribution in [3.05, 3.63) is 29.8 Å². The zero-order valence-electron chi connectivity index (χ0n) is 14.9. The third-order valence-electron chi connectivity index (χ3n) is 4.86. The Morgan fingerprint density at radius 3 is 2.88 bits per heavy atom. The summed E-state index contributed by atoms with van der Waals surface area (Å²) in [5.41, 5.74) is 1.81. The fourth-order valence-electron chi connectivity index (χ4n) is 3.47. The topological polar surface area (TPSA) is 111 Å². The molecule has 4 amide bonds. The van der Waals surface area contributed by atoms with Gasteiger partial charge >= 0.3 is 6.03 Å². The average molecular weight is 360 g/mol. The van der Waals surface area contributed by atoms with Crippen molar-refractivity contribution in [2.45, 2.75) is 50.9 Å².